The molecule has 0 fully saturated rings. The first-order chi connectivity index (χ1) is 18.8. The van der Waals surface area contributed by atoms with E-state index in [4.69, 9.17) is 14.2 Å². The van der Waals surface area contributed by atoms with Gasteiger partial charge in [-0.15, -0.1) is 0 Å². The molecule has 1 amide bonds. The number of thioether (sulfide) groups is 1. The first-order valence-electron chi connectivity index (χ1n) is 11.8. The second-order valence-electron chi connectivity index (χ2n) is 8.27. The standard InChI is InChI=1S/C28H26N4O6S/c1-17-9-5-8-12-22(17)32-27(35)20-10-6-7-11-21(20)30-28(32)39-16-25(34)31-29-15-19-13-23(36-3)26(38-18(2)33)24(14-19)37-4/h5-15H,16H2,1-4H3,(H,31,34)/b29-15-. The van der Waals surface area contributed by atoms with Gasteiger partial charge < -0.3 is 14.2 Å². The zero-order chi connectivity index (χ0) is 27.9. The van der Waals surface area contributed by atoms with E-state index in [2.05, 4.69) is 15.5 Å². The van der Waals surface area contributed by atoms with E-state index < -0.39 is 11.9 Å². The zero-order valence-electron chi connectivity index (χ0n) is 21.8. The second-order valence-corrected chi connectivity index (χ2v) is 9.21. The Morgan fingerprint density at radius 2 is 1.72 bits per heavy atom. The molecule has 10 nitrogen and oxygen atoms in total. The van der Waals surface area contributed by atoms with Gasteiger partial charge in [0, 0.05) is 12.5 Å². The SMILES string of the molecule is COc1cc(/C=N\NC(=O)CSc2nc3ccccc3c(=O)n2-c2ccccc2C)cc(OC)c1OC(C)=O. The van der Waals surface area contributed by atoms with Gasteiger partial charge in [0.1, 0.15) is 0 Å². The Bertz CT molecular complexity index is 1610. The summed E-state index contributed by atoms with van der Waals surface area (Å²) < 4.78 is 17.3. The smallest absolute Gasteiger partial charge is 0.308 e. The number of para-hydroxylation sites is 2. The van der Waals surface area contributed by atoms with Crippen molar-refractivity contribution in [3.63, 3.8) is 0 Å². The highest BCUT2D eigenvalue weighted by Gasteiger charge is 2.17. The maximum Gasteiger partial charge on any atom is 0.308 e. The summed E-state index contributed by atoms with van der Waals surface area (Å²) in [5.41, 5.74) is 4.95. The summed E-state index contributed by atoms with van der Waals surface area (Å²) in [6.07, 6.45) is 1.41. The molecular weight excluding hydrogens is 520 g/mol. The summed E-state index contributed by atoms with van der Waals surface area (Å²) in [7, 11) is 2.86. The van der Waals surface area contributed by atoms with Crippen molar-refractivity contribution in [2.45, 2.75) is 19.0 Å². The van der Waals surface area contributed by atoms with Crippen molar-refractivity contribution in [3.8, 4) is 22.9 Å². The number of nitrogens with one attached hydrogen (secondary N) is 1. The van der Waals surface area contributed by atoms with Crippen molar-refractivity contribution < 1.29 is 23.8 Å². The van der Waals surface area contributed by atoms with Crippen LogP contribution in [0.15, 0.2) is 75.7 Å². The van der Waals surface area contributed by atoms with Crippen LogP contribution in [0.25, 0.3) is 16.6 Å². The van der Waals surface area contributed by atoms with E-state index in [0.717, 1.165) is 17.3 Å². The number of aryl methyl sites for hydroxylation is 1. The number of hydrazone groups is 1. The van der Waals surface area contributed by atoms with E-state index in [1.165, 1.54) is 31.9 Å². The molecule has 1 aromatic heterocycles. The highest BCUT2D eigenvalue weighted by molar-refractivity contribution is 7.99. The lowest BCUT2D eigenvalue weighted by Crippen LogP contribution is -2.24. The third-order valence-electron chi connectivity index (χ3n) is 5.57. The summed E-state index contributed by atoms with van der Waals surface area (Å²) in [6.45, 7) is 3.19. The molecule has 0 aliphatic carbocycles. The number of fused-ring (bicyclic) bond motifs is 1. The number of esters is 1. The molecule has 1 N–H and O–H groups in total. The molecule has 39 heavy (non-hydrogen) atoms. The summed E-state index contributed by atoms with van der Waals surface area (Å²) in [5, 5.41) is 4.89. The van der Waals surface area contributed by atoms with Gasteiger partial charge in [-0.1, -0.05) is 42.1 Å². The molecule has 3 aromatic carbocycles. The van der Waals surface area contributed by atoms with Crippen molar-refractivity contribution in [2.75, 3.05) is 20.0 Å². The van der Waals surface area contributed by atoms with Crippen LogP contribution in [0.4, 0.5) is 0 Å². The lowest BCUT2D eigenvalue weighted by Gasteiger charge is -2.14. The highest BCUT2D eigenvalue weighted by atomic mass is 32.2. The zero-order valence-corrected chi connectivity index (χ0v) is 22.6. The predicted molar refractivity (Wildman–Crippen MR) is 149 cm³/mol. The second kappa shape index (κ2) is 12.3. The largest absolute Gasteiger partial charge is 0.493 e. The van der Waals surface area contributed by atoms with Crippen molar-refractivity contribution in [1.82, 2.24) is 15.0 Å². The topological polar surface area (TPSA) is 121 Å². The van der Waals surface area contributed by atoms with Crippen molar-refractivity contribution in [1.29, 1.82) is 0 Å². The Morgan fingerprint density at radius 3 is 2.38 bits per heavy atom. The van der Waals surface area contributed by atoms with Gasteiger partial charge >= 0.3 is 5.97 Å². The van der Waals surface area contributed by atoms with Crippen LogP contribution < -0.4 is 25.2 Å². The normalized spacial score (nSPS) is 11.0. The van der Waals surface area contributed by atoms with E-state index in [-0.39, 0.29) is 28.6 Å². The Kier molecular flexibility index (Phi) is 8.62. The number of carbonyl (C=O) groups excluding carboxylic acids is 2. The van der Waals surface area contributed by atoms with Crippen LogP contribution >= 0.6 is 11.8 Å². The highest BCUT2D eigenvalue weighted by Crippen LogP contribution is 2.38. The summed E-state index contributed by atoms with van der Waals surface area (Å²) in [4.78, 5) is 42.1. The maximum atomic E-state index is 13.4. The van der Waals surface area contributed by atoms with Crippen LogP contribution in [0.3, 0.4) is 0 Å². The number of methoxy groups -OCH3 is 2. The Balaban J connectivity index is 1.53. The van der Waals surface area contributed by atoms with Crippen molar-refractivity contribution in [2.24, 2.45) is 5.10 Å². The summed E-state index contributed by atoms with van der Waals surface area (Å²) in [6, 6.07) is 17.8. The molecule has 4 aromatic rings. The molecule has 4 rings (SSSR count). The van der Waals surface area contributed by atoms with Gasteiger partial charge in [-0.2, -0.15) is 5.10 Å². The fourth-order valence-corrected chi connectivity index (χ4v) is 4.59. The molecule has 0 radical (unpaired) electrons. The predicted octanol–water partition coefficient (Wildman–Crippen LogP) is 3.88. The Morgan fingerprint density at radius 1 is 1.05 bits per heavy atom. The first-order valence-corrected chi connectivity index (χ1v) is 12.8. The fourth-order valence-electron chi connectivity index (χ4n) is 3.80. The minimum absolute atomic E-state index is 0.0357. The number of aromatic nitrogens is 2. The number of ether oxygens (including phenoxy) is 3. The van der Waals surface area contributed by atoms with Gasteiger partial charge in [-0.3, -0.25) is 19.0 Å². The Labute approximate surface area is 228 Å². The molecule has 0 saturated heterocycles. The molecule has 0 aliphatic heterocycles. The molecule has 0 bridgehead atoms. The summed E-state index contributed by atoms with van der Waals surface area (Å²) >= 11 is 1.13. The molecular formula is C28H26N4O6S. The number of rotatable bonds is 9. The fraction of sp³-hybridized carbons (Fsp3) is 0.179. The van der Waals surface area contributed by atoms with E-state index in [0.29, 0.717) is 27.3 Å². The van der Waals surface area contributed by atoms with Crippen LogP contribution in [0.2, 0.25) is 0 Å². The Hall–Kier alpha value is -4.64. The third-order valence-corrected chi connectivity index (χ3v) is 6.50. The van der Waals surface area contributed by atoms with Gasteiger partial charge in [0.15, 0.2) is 16.7 Å². The van der Waals surface area contributed by atoms with Gasteiger partial charge in [0.25, 0.3) is 11.5 Å². The molecule has 0 unspecified atom stereocenters. The average Bonchev–Trinajstić information content (AvgIpc) is 2.93. The van der Waals surface area contributed by atoms with Gasteiger partial charge in [-0.25, -0.2) is 10.4 Å². The maximum absolute atomic E-state index is 13.4. The number of nitrogens with zero attached hydrogens (tertiary/aromatic N) is 3. The van der Waals surface area contributed by atoms with Crippen molar-refractivity contribution in [3.05, 3.63) is 82.1 Å². The number of hydrogen-bond donors (Lipinski definition) is 1. The lowest BCUT2D eigenvalue weighted by molar-refractivity contribution is -0.132. The van der Waals surface area contributed by atoms with Crippen LogP contribution in [0.1, 0.15) is 18.1 Å². The van der Waals surface area contributed by atoms with Crippen LogP contribution in [-0.2, 0) is 9.59 Å². The summed E-state index contributed by atoms with van der Waals surface area (Å²) in [5.74, 6) is -0.273. The van der Waals surface area contributed by atoms with Gasteiger partial charge in [-0.05, 0) is 42.8 Å². The number of hydrogen-bond acceptors (Lipinski definition) is 9. The molecule has 0 saturated carbocycles. The number of benzene rings is 3. The van der Waals surface area contributed by atoms with Crippen LogP contribution in [0, 0.1) is 6.92 Å². The molecule has 200 valence electrons. The molecule has 0 spiro atoms. The van der Waals surface area contributed by atoms with Gasteiger partial charge in [0.2, 0.25) is 5.75 Å². The van der Waals surface area contributed by atoms with E-state index in [1.54, 1.807) is 30.3 Å². The van der Waals surface area contributed by atoms with Gasteiger partial charge in [0.05, 0.1) is 42.8 Å². The van der Waals surface area contributed by atoms with Crippen molar-refractivity contribution >= 4 is 40.8 Å². The average molecular weight is 547 g/mol. The molecule has 0 aliphatic rings. The minimum Gasteiger partial charge on any atom is -0.493 e. The van der Waals surface area contributed by atoms with E-state index in [9.17, 15) is 14.4 Å². The monoisotopic (exact) mass is 546 g/mol. The quantitative estimate of drug-likeness (QED) is 0.0839. The van der Waals surface area contributed by atoms with E-state index >= 15 is 0 Å². The molecule has 1 heterocycles. The number of carbonyl (C=O) groups is 2. The molecule has 11 heteroatoms. The first kappa shape index (κ1) is 27.4. The number of amides is 1. The molecule has 0 atom stereocenters. The van der Waals surface area contributed by atoms with Crippen LogP contribution in [0.5, 0.6) is 17.2 Å². The lowest BCUT2D eigenvalue weighted by atomic mass is 10.2. The minimum atomic E-state index is -0.522. The van der Waals surface area contributed by atoms with E-state index in [1.807, 2.05) is 37.3 Å². The van der Waals surface area contributed by atoms with Crippen LogP contribution in [-0.4, -0.2) is 47.6 Å². The third kappa shape index (κ3) is 6.27.